The highest BCUT2D eigenvalue weighted by Gasteiger charge is 2.47. The van der Waals surface area contributed by atoms with E-state index in [1.165, 1.54) is 0 Å². The highest BCUT2D eigenvalue weighted by molar-refractivity contribution is 6.59. The van der Waals surface area contributed by atoms with Gasteiger partial charge in [-0.15, -0.1) is 0 Å². The summed E-state index contributed by atoms with van der Waals surface area (Å²) in [7, 11) is -1.65. The number of hydrogen-bond acceptors (Lipinski definition) is 4. The van der Waals surface area contributed by atoms with Crippen LogP contribution in [-0.4, -0.2) is 54.1 Å². The summed E-state index contributed by atoms with van der Waals surface area (Å²) >= 11 is 0. The fourth-order valence-corrected chi connectivity index (χ4v) is 4.24. The van der Waals surface area contributed by atoms with Crippen LogP contribution in [0, 0.1) is 0 Å². The van der Waals surface area contributed by atoms with Crippen LogP contribution in [0.4, 0.5) is 0 Å². The first kappa shape index (κ1) is 20.6. The lowest BCUT2D eigenvalue weighted by Crippen LogP contribution is -2.60. The minimum Gasteiger partial charge on any atom is -0.481 e. The Kier molecular flexibility index (Phi) is 7.07. The van der Waals surface area contributed by atoms with Crippen LogP contribution in [0.5, 0.6) is 0 Å². The molecule has 126 valence electrons. The molecule has 0 fully saturated rings. The van der Waals surface area contributed by atoms with E-state index in [4.69, 9.17) is 9.47 Å². The van der Waals surface area contributed by atoms with Gasteiger partial charge in [-0.05, 0) is 41.5 Å². The number of aliphatic hydroxyl groups is 1. The molecule has 0 bridgehead atoms. The maximum atomic E-state index is 11.3. The van der Waals surface area contributed by atoms with Crippen molar-refractivity contribution < 1.29 is 24.5 Å². The number of rotatable bonds is 7. The Bertz CT molecular complexity index is 343. The predicted molar refractivity (Wildman–Crippen MR) is 86.4 cm³/mol. The second-order valence-electron chi connectivity index (χ2n) is 7.83. The number of carboxylic acids is 1. The van der Waals surface area contributed by atoms with E-state index in [0.717, 1.165) is 0 Å². The van der Waals surface area contributed by atoms with Crippen LogP contribution >= 0.6 is 0 Å². The normalized spacial score (nSPS) is 17.6. The quantitative estimate of drug-likeness (QED) is 0.703. The summed E-state index contributed by atoms with van der Waals surface area (Å²) in [5.41, 5.74) is -0.925. The number of ether oxygens (including phenoxy) is 2. The molecule has 0 amide bonds. The van der Waals surface area contributed by atoms with Crippen molar-refractivity contribution in [1.29, 1.82) is 0 Å². The van der Waals surface area contributed by atoms with Crippen LogP contribution in [0.15, 0.2) is 0 Å². The third-order valence-electron chi connectivity index (χ3n) is 3.14. The van der Waals surface area contributed by atoms with E-state index in [0.29, 0.717) is 0 Å². The fraction of sp³-hybridized carbons (Fsp3) is 0.933. The number of carboxylic acid groups (broad SMARTS) is 1. The molecule has 5 nitrogen and oxygen atoms in total. The first-order valence-corrected chi connectivity index (χ1v) is 10.3. The molecule has 2 atom stereocenters. The number of aliphatic hydroxyl groups excluding tert-OH is 1. The van der Waals surface area contributed by atoms with Gasteiger partial charge in [0.25, 0.3) is 0 Å². The van der Waals surface area contributed by atoms with Crippen molar-refractivity contribution in [2.45, 2.75) is 83.6 Å². The van der Waals surface area contributed by atoms with Crippen LogP contribution in [0.25, 0.3) is 0 Å². The van der Waals surface area contributed by atoms with E-state index in [1.54, 1.807) is 0 Å². The van der Waals surface area contributed by atoms with Gasteiger partial charge in [-0.3, -0.25) is 4.79 Å². The van der Waals surface area contributed by atoms with Gasteiger partial charge in [-0.25, -0.2) is 0 Å². The first-order valence-electron chi connectivity index (χ1n) is 7.43. The van der Waals surface area contributed by atoms with Gasteiger partial charge in [0.05, 0.1) is 38.3 Å². The molecule has 0 radical (unpaired) electrons. The maximum Gasteiger partial charge on any atom is 0.306 e. The minimum absolute atomic E-state index is 0.0675. The summed E-state index contributed by atoms with van der Waals surface area (Å²) in [5, 5.41) is 18.8. The van der Waals surface area contributed by atoms with Crippen LogP contribution in [-0.2, 0) is 14.3 Å². The van der Waals surface area contributed by atoms with Gasteiger partial charge in [-0.1, -0.05) is 13.1 Å². The van der Waals surface area contributed by atoms with Crippen LogP contribution in [0.3, 0.4) is 0 Å². The highest BCUT2D eigenvalue weighted by Crippen LogP contribution is 2.31. The summed E-state index contributed by atoms with van der Waals surface area (Å²) in [6.45, 7) is 15.4. The molecule has 0 aromatic rings. The van der Waals surface area contributed by atoms with E-state index >= 15 is 0 Å². The highest BCUT2D eigenvalue weighted by atomic mass is 28.3. The van der Waals surface area contributed by atoms with Gasteiger partial charge in [0, 0.05) is 0 Å². The lowest BCUT2D eigenvalue weighted by Gasteiger charge is -2.44. The van der Waals surface area contributed by atoms with Crippen LogP contribution in [0.2, 0.25) is 13.1 Å². The maximum absolute atomic E-state index is 11.3. The Morgan fingerprint density at radius 2 is 1.57 bits per heavy atom. The lowest BCUT2D eigenvalue weighted by molar-refractivity contribution is -0.178. The smallest absolute Gasteiger partial charge is 0.306 e. The molecule has 2 N–H and O–H groups in total. The molecule has 0 aromatic heterocycles. The molecule has 0 aliphatic carbocycles. The second kappa shape index (κ2) is 7.22. The zero-order valence-corrected chi connectivity index (χ0v) is 15.8. The molecule has 0 aromatic carbocycles. The molecule has 6 heteroatoms. The molecule has 21 heavy (non-hydrogen) atoms. The van der Waals surface area contributed by atoms with Crippen molar-refractivity contribution in [3.05, 3.63) is 0 Å². The van der Waals surface area contributed by atoms with E-state index in [2.05, 4.69) is 0 Å². The van der Waals surface area contributed by atoms with Gasteiger partial charge < -0.3 is 19.7 Å². The Labute approximate surface area is 130 Å². The molecule has 0 unspecified atom stereocenters. The molecule has 0 saturated carbocycles. The van der Waals surface area contributed by atoms with Crippen molar-refractivity contribution in [1.82, 2.24) is 0 Å². The number of aliphatic carboxylic acids is 1. The topological polar surface area (TPSA) is 76.0 Å². The second-order valence-corrected chi connectivity index (χ2v) is 11.1. The van der Waals surface area contributed by atoms with Crippen molar-refractivity contribution in [2.24, 2.45) is 0 Å². The van der Waals surface area contributed by atoms with E-state index < -0.39 is 37.3 Å². The average Bonchev–Trinajstić information content (AvgIpc) is 2.20. The molecule has 0 rings (SSSR count). The predicted octanol–water partition coefficient (Wildman–Crippen LogP) is 2.22. The molecular weight excluding hydrogens is 288 g/mol. The molecule has 0 aliphatic rings. The zero-order chi connectivity index (χ0) is 17.1. The SMILES string of the molecule is C[SiH](C)[C@@](CC(=O)O)(OC(C)(C)C)[C@H](O)COC(C)(C)C. The standard InChI is InChI=1S/C15H32O5Si/c1-13(2,3)19-10-11(16)15(21(7)8,9-12(17)18)20-14(4,5)6/h11,16,21H,9-10H2,1-8H3,(H,17,18)/t11-,15-/m1/s1. The van der Waals surface area contributed by atoms with Crippen molar-refractivity contribution in [3.63, 3.8) is 0 Å². The Hall–Kier alpha value is -0.433. The van der Waals surface area contributed by atoms with Crippen molar-refractivity contribution in [3.8, 4) is 0 Å². The summed E-state index contributed by atoms with van der Waals surface area (Å²) in [4.78, 5) is 11.3. The fourth-order valence-electron chi connectivity index (χ4n) is 2.21. The number of hydrogen-bond donors (Lipinski definition) is 2. The minimum atomic E-state index is -1.65. The van der Waals surface area contributed by atoms with E-state index in [-0.39, 0.29) is 13.0 Å². The zero-order valence-electron chi connectivity index (χ0n) is 14.7. The molecule has 0 aliphatic heterocycles. The molecule has 0 heterocycles. The third-order valence-corrected chi connectivity index (χ3v) is 5.80. The van der Waals surface area contributed by atoms with E-state index in [1.807, 2.05) is 54.6 Å². The van der Waals surface area contributed by atoms with Crippen molar-refractivity contribution >= 4 is 14.8 Å². The Morgan fingerprint density at radius 1 is 1.10 bits per heavy atom. The summed E-state index contributed by atoms with van der Waals surface area (Å²) in [6, 6.07) is 0. The Balaban J connectivity index is 5.38. The lowest BCUT2D eigenvalue weighted by atomic mass is 10.1. The van der Waals surface area contributed by atoms with Gasteiger partial charge in [0.2, 0.25) is 0 Å². The first-order chi connectivity index (χ1) is 9.19. The molecular formula is C15H32O5Si. The molecule has 0 spiro atoms. The average molecular weight is 321 g/mol. The van der Waals surface area contributed by atoms with Crippen LogP contribution in [0.1, 0.15) is 48.0 Å². The van der Waals surface area contributed by atoms with Crippen molar-refractivity contribution in [2.75, 3.05) is 6.61 Å². The molecule has 0 saturated heterocycles. The van der Waals surface area contributed by atoms with Gasteiger partial charge >= 0.3 is 5.97 Å². The third kappa shape index (κ3) is 7.40. The number of carbonyl (C=O) groups is 1. The summed E-state index contributed by atoms with van der Waals surface area (Å²) in [6.07, 6.45) is -1.17. The summed E-state index contributed by atoms with van der Waals surface area (Å²) < 4.78 is 11.7. The van der Waals surface area contributed by atoms with Crippen LogP contribution < -0.4 is 0 Å². The largest absolute Gasteiger partial charge is 0.481 e. The van der Waals surface area contributed by atoms with Gasteiger partial charge in [0.15, 0.2) is 0 Å². The summed E-state index contributed by atoms with van der Waals surface area (Å²) in [5.74, 6) is -0.963. The monoisotopic (exact) mass is 320 g/mol. The Morgan fingerprint density at radius 3 is 1.86 bits per heavy atom. The van der Waals surface area contributed by atoms with E-state index in [9.17, 15) is 15.0 Å². The van der Waals surface area contributed by atoms with Gasteiger partial charge in [0.1, 0.15) is 6.10 Å². The van der Waals surface area contributed by atoms with Gasteiger partial charge in [-0.2, -0.15) is 0 Å².